The van der Waals surface area contributed by atoms with Crippen LogP contribution in [-0.2, 0) is 0 Å². The maximum Gasteiger partial charge on any atom is 0.131 e. The Morgan fingerprint density at radius 1 is 1.28 bits per heavy atom. The van der Waals surface area contributed by atoms with Crippen molar-refractivity contribution in [2.24, 2.45) is 0 Å². The lowest BCUT2D eigenvalue weighted by molar-refractivity contribution is -0.0658. The molecule has 3 nitrogen and oxygen atoms in total. The molecule has 4 heteroatoms. The Balaban J connectivity index is 0.00000162. The first-order valence-electron chi connectivity index (χ1n) is 6.14. The zero-order valence-electron chi connectivity index (χ0n) is 11.3. The minimum atomic E-state index is -0.569. The van der Waals surface area contributed by atoms with Crippen molar-refractivity contribution < 1.29 is 9.84 Å². The minimum Gasteiger partial charge on any atom is -0.485 e. The van der Waals surface area contributed by atoms with E-state index < -0.39 is 11.7 Å². The van der Waals surface area contributed by atoms with Crippen LogP contribution in [0.3, 0.4) is 0 Å². The fourth-order valence-corrected chi connectivity index (χ4v) is 2.29. The first-order valence-corrected chi connectivity index (χ1v) is 6.14. The topological polar surface area (TPSA) is 41.5 Å². The van der Waals surface area contributed by atoms with Crippen molar-refractivity contribution in [2.75, 3.05) is 0 Å². The third-order valence-electron chi connectivity index (χ3n) is 3.17. The summed E-state index contributed by atoms with van der Waals surface area (Å²) in [6, 6.07) is 8.14. The molecule has 0 saturated heterocycles. The average molecular weight is 272 g/mol. The maximum absolute atomic E-state index is 10.4. The van der Waals surface area contributed by atoms with Gasteiger partial charge in [0.25, 0.3) is 0 Å². The van der Waals surface area contributed by atoms with Crippen LogP contribution in [0, 0.1) is 0 Å². The maximum atomic E-state index is 10.4. The highest BCUT2D eigenvalue weighted by atomic mass is 35.5. The predicted molar refractivity (Wildman–Crippen MR) is 75.4 cm³/mol. The molecule has 0 spiro atoms. The molecular formula is C14H22ClNO2. The first kappa shape index (κ1) is 15.3. The number of hydrogen-bond donors (Lipinski definition) is 2. The molecule has 0 fully saturated rings. The van der Waals surface area contributed by atoms with E-state index >= 15 is 0 Å². The Hall–Kier alpha value is -0.770. The first-order chi connectivity index (χ1) is 7.92. The zero-order chi connectivity index (χ0) is 12.6. The van der Waals surface area contributed by atoms with Gasteiger partial charge in [0.1, 0.15) is 17.5 Å². The Labute approximate surface area is 115 Å². The third-order valence-corrected chi connectivity index (χ3v) is 3.17. The Morgan fingerprint density at radius 3 is 2.50 bits per heavy atom. The van der Waals surface area contributed by atoms with Gasteiger partial charge in [-0.2, -0.15) is 0 Å². The molecule has 1 aliphatic rings. The van der Waals surface area contributed by atoms with Crippen LogP contribution in [0.4, 0.5) is 0 Å². The summed E-state index contributed by atoms with van der Waals surface area (Å²) in [7, 11) is 0. The molecule has 0 bridgehead atoms. The van der Waals surface area contributed by atoms with E-state index in [1.54, 1.807) is 0 Å². The molecule has 0 radical (unpaired) electrons. The van der Waals surface area contributed by atoms with Gasteiger partial charge in [0, 0.05) is 11.6 Å². The van der Waals surface area contributed by atoms with Crippen LogP contribution in [0.15, 0.2) is 24.3 Å². The van der Waals surface area contributed by atoms with E-state index in [-0.39, 0.29) is 18.4 Å². The summed E-state index contributed by atoms with van der Waals surface area (Å²) in [4.78, 5) is 0. The smallest absolute Gasteiger partial charge is 0.131 e. The van der Waals surface area contributed by atoms with Crippen molar-refractivity contribution in [2.45, 2.75) is 51.5 Å². The molecule has 2 N–H and O–H groups in total. The Kier molecular flexibility index (Phi) is 4.65. The van der Waals surface area contributed by atoms with Gasteiger partial charge in [-0.05, 0) is 19.9 Å². The van der Waals surface area contributed by atoms with Crippen molar-refractivity contribution in [3.05, 3.63) is 29.8 Å². The van der Waals surface area contributed by atoms with Crippen molar-refractivity contribution in [1.29, 1.82) is 0 Å². The summed E-state index contributed by atoms with van der Waals surface area (Å²) in [5.74, 6) is 0.862. The normalized spacial score (nSPS) is 25.0. The van der Waals surface area contributed by atoms with Gasteiger partial charge in [0.15, 0.2) is 0 Å². The van der Waals surface area contributed by atoms with E-state index in [2.05, 4.69) is 19.2 Å². The summed E-state index contributed by atoms with van der Waals surface area (Å²) in [5, 5.41) is 13.8. The van der Waals surface area contributed by atoms with Crippen LogP contribution in [-0.4, -0.2) is 22.9 Å². The molecule has 0 aliphatic carbocycles. The molecule has 18 heavy (non-hydrogen) atoms. The van der Waals surface area contributed by atoms with E-state index in [0.717, 1.165) is 11.3 Å². The molecule has 0 aromatic heterocycles. The number of halogens is 1. The summed E-state index contributed by atoms with van der Waals surface area (Å²) >= 11 is 0. The standard InChI is InChI=1S/C14H21NO2.ClH/c1-9(2)15-12-10-7-5-6-8-11(10)17-14(3,4)13(12)16;/h5-9,12-13,15-16H,1-4H3;1H/t12-,13+;/m0./s1. The molecule has 2 rings (SSSR count). The number of aliphatic hydroxyl groups is 1. The van der Waals surface area contributed by atoms with Crippen LogP contribution in [0.2, 0.25) is 0 Å². The number of rotatable bonds is 2. The van der Waals surface area contributed by atoms with E-state index in [1.165, 1.54) is 0 Å². The average Bonchev–Trinajstić information content (AvgIpc) is 2.24. The number of para-hydroxylation sites is 1. The van der Waals surface area contributed by atoms with Gasteiger partial charge in [0.05, 0.1) is 6.04 Å². The highest BCUT2D eigenvalue weighted by Crippen LogP contribution is 2.39. The summed E-state index contributed by atoms with van der Waals surface area (Å²) in [6.07, 6.45) is -0.556. The lowest BCUT2D eigenvalue weighted by atomic mass is 9.86. The van der Waals surface area contributed by atoms with Crippen molar-refractivity contribution in [3.8, 4) is 5.75 Å². The van der Waals surface area contributed by atoms with Crippen molar-refractivity contribution in [1.82, 2.24) is 5.32 Å². The van der Waals surface area contributed by atoms with Crippen molar-refractivity contribution in [3.63, 3.8) is 0 Å². The SMILES string of the molecule is CC(C)N[C@H]1c2ccccc2OC(C)(C)[C@@H]1O.Cl. The number of benzene rings is 1. The number of nitrogens with one attached hydrogen (secondary N) is 1. The lowest BCUT2D eigenvalue weighted by Crippen LogP contribution is -2.53. The largest absolute Gasteiger partial charge is 0.485 e. The molecule has 2 atom stereocenters. The molecule has 0 unspecified atom stereocenters. The molecular weight excluding hydrogens is 250 g/mol. The van der Waals surface area contributed by atoms with Crippen LogP contribution >= 0.6 is 12.4 Å². The van der Waals surface area contributed by atoms with Gasteiger partial charge in [-0.15, -0.1) is 12.4 Å². The fourth-order valence-electron chi connectivity index (χ4n) is 2.29. The van der Waals surface area contributed by atoms with Gasteiger partial charge in [0.2, 0.25) is 0 Å². The molecule has 1 aromatic carbocycles. The highest BCUT2D eigenvalue weighted by molar-refractivity contribution is 5.85. The number of hydrogen-bond acceptors (Lipinski definition) is 3. The summed E-state index contributed by atoms with van der Waals surface area (Å²) < 4.78 is 5.85. The van der Waals surface area contributed by atoms with E-state index in [0.29, 0.717) is 6.04 Å². The molecule has 0 saturated carbocycles. The molecule has 1 heterocycles. The van der Waals surface area contributed by atoms with Crippen LogP contribution in [0.25, 0.3) is 0 Å². The second kappa shape index (κ2) is 5.47. The van der Waals surface area contributed by atoms with Gasteiger partial charge in [-0.3, -0.25) is 0 Å². The molecule has 102 valence electrons. The molecule has 0 amide bonds. The quantitative estimate of drug-likeness (QED) is 0.869. The highest BCUT2D eigenvalue weighted by Gasteiger charge is 2.42. The van der Waals surface area contributed by atoms with Crippen LogP contribution < -0.4 is 10.1 Å². The second-order valence-electron chi connectivity index (χ2n) is 5.49. The monoisotopic (exact) mass is 271 g/mol. The third kappa shape index (κ3) is 2.79. The molecule has 1 aromatic rings. The zero-order valence-corrected chi connectivity index (χ0v) is 12.1. The van der Waals surface area contributed by atoms with Gasteiger partial charge in [-0.25, -0.2) is 0 Å². The van der Waals surface area contributed by atoms with E-state index in [4.69, 9.17) is 4.74 Å². The van der Waals surface area contributed by atoms with Gasteiger partial charge in [-0.1, -0.05) is 32.0 Å². The number of aliphatic hydroxyl groups excluding tert-OH is 1. The Bertz CT molecular complexity index is 407. The van der Waals surface area contributed by atoms with E-state index in [1.807, 2.05) is 38.1 Å². The minimum absolute atomic E-state index is 0. The summed E-state index contributed by atoms with van der Waals surface area (Å²) in [5.41, 5.74) is 0.467. The van der Waals surface area contributed by atoms with E-state index in [9.17, 15) is 5.11 Å². The summed E-state index contributed by atoms with van der Waals surface area (Å²) in [6.45, 7) is 8.00. The predicted octanol–water partition coefficient (Wildman–Crippen LogP) is 2.68. The van der Waals surface area contributed by atoms with Crippen molar-refractivity contribution >= 4 is 12.4 Å². The van der Waals surface area contributed by atoms with Crippen LogP contribution in [0.5, 0.6) is 5.75 Å². The second-order valence-corrected chi connectivity index (χ2v) is 5.49. The Morgan fingerprint density at radius 2 is 1.89 bits per heavy atom. The number of ether oxygens (including phenoxy) is 1. The lowest BCUT2D eigenvalue weighted by Gasteiger charge is -2.43. The number of fused-ring (bicyclic) bond motifs is 1. The fraction of sp³-hybridized carbons (Fsp3) is 0.571. The van der Waals surface area contributed by atoms with Gasteiger partial charge < -0.3 is 15.2 Å². The molecule has 1 aliphatic heterocycles. The van der Waals surface area contributed by atoms with Gasteiger partial charge >= 0.3 is 0 Å². The van der Waals surface area contributed by atoms with Crippen LogP contribution in [0.1, 0.15) is 39.3 Å².